The molecule has 0 atom stereocenters. The van der Waals surface area contributed by atoms with Crippen LogP contribution in [0.5, 0.6) is 5.75 Å². The molecule has 0 spiro atoms. The van der Waals surface area contributed by atoms with E-state index in [0.29, 0.717) is 12.1 Å². The van der Waals surface area contributed by atoms with Gasteiger partial charge in [-0.1, -0.05) is 23.6 Å². The van der Waals surface area contributed by atoms with Gasteiger partial charge in [-0.25, -0.2) is 13.4 Å². The van der Waals surface area contributed by atoms with Gasteiger partial charge in [0.05, 0.1) is 21.8 Å². The van der Waals surface area contributed by atoms with Gasteiger partial charge in [-0.15, -0.1) is 0 Å². The largest absolute Gasteiger partial charge is 0.494 e. The van der Waals surface area contributed by atoms with Crippen LogP contribution in [0.4, 0.5) is 5.13 Å². The zero-order chi connectivity index (χ0) is 14.8. The molecule has 6 nitrogen and oxygen atoms in total. The van der Waals surface area contributed by atoms with Crippen LogP contribution < -0.4 is 15.2 Å². The molecule has 2 aromatic rings. The van der Waals surface area contributed by atoms with Gasteiger partial charge in [0.2, 0.25) is 10.0 Å². The number of rotatable bonds is 6. The second-order valence-electron chi connectivity index (χ2n) is 3.91. The van der Waals surface area contributed by atoms with Crippen LogP contribution in [0.1, 0.15) is 6.92 Å². The molecular weight excluding hydrogens is 318 g/mol. The summed E-state index contributed by atoms with van der Waals surface area (Å²) in [6, 6.07) is 5.39. The van der Waals surface area contributed by atoms with Crippen LogP contribution in [0, 0.1) is 0 Å². The number of nitrogens with two attached hydrogens (primary N) is 1. The molecule has 0 aliphatic rings. The molecule has 3 N–H and O–H groups in total. The maximum atomic E-state index is 11.7. The average Bonchev–Trinajstić information content (AvgIpc) is 2.67. The normalized spacial score (nSPS) is 11.4. The number of anilines is 1. The second kappa shape index (κ2) is 5.90. The van der Waals surface area contributed by atoms with E-state index < -0.39 is 15.8 Å². The Balaban J connectivity index is 2.26. The highest BCUT2D eigenvalue weighted by Crippen LogP contribution is 2.29. The van der Waals surface area contributed by atoms with Gasteiger partial charge in [-0.2, -0.15) is 0 Å². The molecule has 0 amide bonds. The Kier molecular flexibility index (Phi) is 4.41. The standard InChI is InChI=1S/C11H13N3O3S3/c1-2-17-7-3-4-8-9(5-7)19-11(13-8)14-20(15,16)6-10(12)18/h3-5H,2,6H2,1H3,(H2,12,18)(H,13,14). The van der Waals surface area contributed by atoms with Gasteiger partial charge in [0.15, 0.2) is 5.13 Å². The summed E-state index contributed by atoms with van der Waals surface area (Å²) in [5, 5.41) is 0.282. The zero-order valence-corrected chi connectivity index (χ0v) is 13.1. The van der Waals surface area contributed by atoms with E-state index in [9.17, 15) is 8.42 Å². The fourth-order valence-electron chi connectivity index (χ4n) is 1.56. The van der Waals surface area contributed by atoms with Crippen molar-refractivity contribution in [2.45, 2.75) is 6.92 Å². The number of thiocarbonyl (C=S) groups is 1. The van der Waals surface area contributed by atoms with Crippen molar-refractivity contribution >= 4 is 53.9 Å². The molecule has 108 valence electrons. The van der Waals surface area contributed by atoms with E-state index in [0.717, 1.165) is 10.4 Å². The van der Waals surface area contributed by atoms with Gasteiger partial charge < -0.3 is 10.5 Å². The summed E-state index contributed by atoms with van der Waals surface area (Å²) in [5.74, 6) is 0.323. The van der Waals surface area contributed by atoms with E-state index >= 15 is 0 Å². The Labute approximate surface area is 126 Å². The number of hydrogen-bond donors (Lipinski definition) is 2. The Morgan fingerprint density at radius 1 is 1.55 bits per heavy atom. The minimum absolute atomic E-state index is 0.0859. The molecule has 0 aliphatic heterocycles. The zero-order valence-electron chi connectivity index (χ0n) is 10.6. The topological polar surface area (TPSA) is 94.3 Å². The number of benzene rings is 1. The predicted molar refractivity (Wildman–Crippen MR) is 85.0 cm³/mol. The summed E-state index contributed by atoms with van der Waals surface area (Å²) < 4.78 is 32.0. The molecular formula is C11H13N3O3S3. The molecule has 2 rings (SSSR count). The molecule has 0 radical (unpaired) electrons. The lowest BCUT2D eigenvalue weighted by Gasteiger charge is -2.02. The van der Waals surface area contributed by atoms with Gasteiger partial charge in [0.25, 0.3) is 0 Å². The van der Waals surface area contributed by atoms with E-state index in [4.69, 9.17) is 10.5 Å². The second-order valence-corrected chi connectivity index (χ2v) is 7.19. The molecule has 0 fully saturated rings. The van der Waals surface area contributed by atoms with E-state index in [-0.39, 0.29) is 10.1 Å². The van der Waals surface area contributed by atoms with E-state index in [1.54, 1.807) is 12.1 Å². The van der Waals surface area contributed by atoms with Gasteiger partial charge in [0, 0.05) is 0 Å². The van der Waals surface area contributed by atoms with Crippen molar-refractivity contribution in [2.75, 3.05) is 17.1 Å². The van der Waals surface area contributed by atoms with E-state index in [1.807, 2.05) is 13.0 Å². The monoisotopic (exact) mass is 331 g/mol. The van der Waals surface area contributed by atoms with Crippen LogP contribution in [-0.4, -0.2) is 30.8 Å². The van der Waals surface area contributed by atoms with Crippen LogP contribution in [0.25, 0.3) is 10.2 Å². The SMILES string of the molecule is CCOc1ccc2nc(NS(=O)(=O)CC(N)=S)sc2c1. The molecule has 9 heteroatoms. The Morgan fingerprint density at radius 3 is 2.95 bits per heavy atom. The van der Waals surface area contributed by atoms with Crippen molar-refractivity contribution in [3.8, 4) is 5.75 Å². The van der Waals surface area contributed by atoms with Gasteiger partial charge in [-0.05, 0) is 25.1 Å². The van der Waals surface area contributed by atoms with Crippen molar-refractivity contribution in [1.29, 1.82) is 0 Å². The summed E-state index contributed by atoms with van der Waals surface area (Å²) in [7, 11) is -3.60. The minimum atomic E-state index is -3.60. The third kappa shape index (κ3) is 3.78. The quantitative estimate of drug-likeness (QED) is 0.783. The molecule has 1 heterocycles. The summed E-state index contributed by atoms with van der Waals surface area (Å²) >= 11 is 5.82. The number of nitrogens with zero attached hydrogens (tertiary/aromatic N) is 1. The predicted octanol–water partition coefficient (Wildman–Crippen LogP) is 1.72. The number of nitrogens with one attached hydrogen (secondary N) is 1. The first-order valence-electron chi connectivity index (χ1n) is 5.72. The fraction of sp³-hybridized carbons (Fsp3) is 0.273. The number of thiazole rings is 1. The van der Waals surface area contributed by atoms with Gasteiger partial charge in [0.1, 0.15) is 11.5 Å². The average molecular weight is 331 g/mol. The van der Waals surface area contributed by atoms with Crippen LogP contribution >= 0.6 is 23.6 Å². The highest BCUT2D eigenvalue weighted by molar-refractivity contribution is 7.95. The molecule has 0 unspecified atom stereocenters. The van der Waals surface area contributed by atoms with Crippen LogP contribution in [-0.2, 0) is 10.0 Å². The van der Waals surface area contributed by atoms with Crippen LogP contribution in [0.3, 0.4) is 0 Å². The number of sulfonamides is 1. The van der Waals surface area contributed by atoms with Gasteiger partial charge >= 0.3 is 0 Å². The molecule has 1 aromatic carbocycles. The van der Waals surface area contributed by atoms with Gasteiger partial charge in [-0.3, -0.25) is 4.72 Å². The summed E-state index contributed by atoms with van der Waals surface area (Å²) in [5.41, 5.74) is 5.94. The van der Waals surface area contributed by atoms with E-state index in [2.05, 4.69) is 21.9 Å². The van der Waals surface area contributed by atoms with E-state index in [1.165, 1.54) is 11.3 Å². The van der Waals surface area contributed by atoms with Crippen LogP contribution in [0.2, 0.25) is 0 Å². The molecule has 0 saturated heterocycles. The Bertz CT molecular complexity index is 740. The van der Waals surface area contributed by atoms with Crippen molar-refractivity contribution < 1.29 is 13.2 Å². The van der Waals surface area contributed by atoms with Crippen molar-refractivity contribution in [1.82, 2.24) is 4.98 Å². The first-order chi connectivity index (χ1) is 9.39. The number of aromatic nitrogens is 1. The summed E-state index contributed by atoms with van der Waals surface area (Å²) in [6.07, 6.45) is 0. The first kappa shape index (κ1) is 14.9. The van der Waals surface area contributed by atoms with Crippen molar-refractivity contribution in [3.05, 3.63) is 18.2 Å². The minimum Gasteiger partial charge on any atom is -0.494 e. The summed E-state index contributed by atoms with van der Waals surface area (Å²) in [6.45, 7) is 2.46. The lowest BCUT2D eigenvalue weighted by Crippen LogP contribution is -2.26. The number of ether oxygens (including phenoxy) is 1. The smallest absolute Gasteiger partial charge is 0.241 e. The summed E-state index contributed by atoms with van der Waals surface area (Å²) in [4.78, 5) is 4.11. The van der Waals surface area contributed by atoms with Crippen molar-refractivity contribution in [2.24, 2.45) is 5.73 Å². The Hall–Kier alpha value is -1.45. The lowest BCUT2D eigenvalue weighted by atomic mass is 10.3. The molecule has 0 bridgehead atoms. The Morgan fingerprint density at radius 2 is 2.30 bits per heavy atom. The molecule has 1 aromatic heterocycles. The maximum absolute atomic E-state index is 11.7. The highest BCUT2D eigenvalue weighted by atomic mass is 32.2. The number of fused-ring (bicyclic) bond motifs is 1. The highest BCUT2D eigenvalue weighted by Gasteiger charge is 2.15. The molecule has 0 saturated carbocycles. The number of hydrogen-bond acceptors (Lipinski definition) is 6. The van der Waals surface area contributed by atoms with Crippen molar-refractivity contribution in [3.63, 3.8) is 0 Å². The maximum Gasteiger partial charge on any atom is 0.241 e. The first-order valence-corrected chi connectivity index (χ1v) is 8.59. The van der Waals surface area contributed by atoms with Crippen LogP contribution in [0.15, 0.2) is 18.2 Å². The third-order valence-electron chi connectivity index (χ3n) is 2.25. The molecule has 0 aliphatic carbocycles. The molecule has 20 heavy (non-hydrogen) atoms. The third-order valence-corrected chi connectivity index (χ3v) is 4.83. The lowest BCUT2D eigenvalue weighted by molar-refractivity contribution is 0.341. The fourth-order valence-corrected chi connectivity index (χ4v) is 4.08.